The van der Waals surface area contributed by atoms with Gasteiger partial charge in [-0.05, 0) is 78.9 Å². The van der Waals surface area contributed by atoms with E-state index in [1.165, 1.54) is 78.9 Å². The van der Waals surface area contributed by atoms with Crippen molar-refractivity contribution in [3.05, 3.63) is 83.9 Å². The highest BCUT2D eigenvalue weighted by atomic mass is 32.2. The molecule has 0 amide bonds. The van der Waals surface area contributed by atoms with Crippen LogP contribution in [0.25, 0.3) is 6.08 Å². The van der Waals surface area contributed by atoms with E-state index in [1.807, 2.05) is 0 Å². The maximum absolute atomic E-state index is 12.3. The van der Waals surface area contributed by atoms with Crippen LogP contribution in [0.15, 0.2) is 77.7 Å². The van der Waals surface area contributed by atoms with E-state index >= 15 is 0 Å². The molecule has 0 fully saturated rings. The van der Waals surface area contributed by atoms with Gasteiger partial charge in [0.05, 0.1) is 0 Å². The third kappa shape index (κ3) is 4.94. The van der Waals surface area contributed by atoms with Gasteiger partial charge in [0.15, 0.2) is 5.78 Å². The number of hydrogen-bond acceptors (Lipinski definition) is 7. The average molecular weight is 412 g/mol. The zero-order chi connectivity index (χ0) is 21.0. The lowest BCUT2D eigenvalue weighted by atomic mass is 10.1. The number of benzene rings is 3. The number of carbonyl (C=O) groups is 1. The monoisotopic (exact) mass is 412 g/mol. The van der Waals surface area contributed by atoms with E-state index in [0.717, 1.165) is 0 Å². The number of allylic oxidation sites excluding steroid dienone is 1. The Morgan fingerprint density at radius 2 is 1.45 bits per heavy atom. The van der Waals surface area contributed by atoms with Gasteiger partial charge in [-0.15, -0.1) is 0 Å². The molecule has 3 aromatic carbocycles. The third-order valence-electron chi connectivity index (χ3n) is 3.90. The number of phenols is 3. The molecule has 0 radical (unpaired) electrons. The van der Waals surface area contributed by atoms with Crippen LogP contribution in [-0.2, 0) is 10.1 Å². The summed E-state index contributed by atoms with van der Waals surface area (Å²) in [6.07, 6.45) is 2.58. The Hall–Kier alpha value is -3.78. The van der Waals surface area contributed by atoms with Crippen LogP contribution in [0.4, 0.5) is 0 Å². The highest BCUT2D eigenvalue weighted by Crippen LogP contribution is 2.24. The number of carbonyl (C=O) groups excluding carboxylic acids is 1. The first-order chi connectivity index (χ1) is 13.7. The van der Waals surface area contributed by atoms with E-state index in [-0.39, 0.29) is 44.8 Å². The lowest BCUT2D eigenvalue weighted by Gasteiger charge is -2.07. The summed E-state index contributed by atoms with van der Waals surface area (Å²) in [5, 5.41) is 28.4. The summed E-state index contributed by atoms with van der Waals surface area (Å²) in [5.74, 6) is -0.579. The van der Waals surface area contributed by atoms with Crippen LogP contribution in [-0.4, -0.2) is 29.5 Å². The Bertz CT molecular complexity index is 1160. The molecular formula is C21H16O7S. The fourth-order valence-corrected chi connectivity index (χ4v) is 3.33. The van der Waals surface area contributed by atoms with Gasteiger partial charge >= 0.3 is 10.1 Å². The van der Waals surface area contributed by atoms with Crippen molar-refractivity contribution in [3.63, 3.8) is 0 Å². The topological polar surface area (TPSA) is 121 Å². The van der Waals surface area contributed by atoms with Gasteiger partial charge in [0.2, 0.25) is 0 Å². The highest BCUT2D eigenvalue weighted by Gasteiger charge is 2.16. The normalized spacial score (nSPS) is 11.4. The van der Waals surface area contributed by atoms with Crippen LogP contribution in [0, 0.1) is 0 Å². The SMILES string of the molecule is O=C(C=Cc1cc(O)ccc1O)c1ccc(OS(=O)(=O)c2ccc(O)cc2)cc1. The predicted octanol–water partition coefficient (Wildman–Crippen LogP) is 3.47. The van der Waals surface area contributed by atoms with Crippen LogP contribution in [0.1, 0.15) is 15.9 Å². The first-order valence-corrected chi connectivity index (χ1v) is 9.73. The van der Waals surface area contributed by atoms with Crippen molar-refractivity contribution < 1.29 is 32.7 Å². The predicted molar refractivity (Wildman–Crippen MR) is 105 cm³/mol. The standard InChI is InChI=1S/C21H16O7S/c22-16-4-9-19(10-5-16)29(26,27)28-18-7-1-14(2-8-18)20(24)11-3-15-13-17(23)6-12-21(15)25/h1-13,22-23,25H. The number of hydrogen-bond donors (Lipinski definition) is 3. The molecule has 8 heteroatoms. The number of rotatable bonds is 6. The van der Waals surface area contributed by atoms with Crippen LogP contribution in [0.5, 0.6) is 23.0 Å². The van der Waals surface area contributed by atoms with E-state index in [2.05, 4.69) is 0 Å². The quantitative estimate of drug-likeness (QED) is 0.245. The third-order valence-corrected chi connectivity index (χ3v) is 5.16. The number of aromatic hydroxyl groups is 3. The first kappa shape index (κ1) is 20.0. The molecule has 0 aromatic heterocycles. The molecule has 0 saturated heterocycles. The molecule has 3 aromatic rings. The van der Waals surface area contributed by atoms with Crippen molar-refractivity contribution >= 4 is 22.0 Å². The van der Waals surface area contributed by atoms with E-state index in [9.17, 15) is 28.5 Å². The Morgan fingerprint density at radius 3 is 2.10 bits per heavy atom. The van der Waals surface area contributed by atoms with Gasteiger partial charge in [-0.2, -0.15) is 8.42 Å². The second-order valence-electron chi connectivity index (χ2n) is 6.00. The van der Waals surface area contributed by atoms with Crippen molar-refractivity contribution in [1.82, 2.24) is 0 Å². The molecule has 3 N–H and O–H groups in total. The average Bonchev–Trinajstić information content (AvgIpc) is 2.69. The van der Waals surface area contributed by atoms with Crippen molar-refractivity contribution in [3.8, 4) is 23.0 Å². The molecule has 0 aliphatic heterocycles. The summed E-state index contributed by atoms with van der Waals surface area (Å²) in [5.41, 5.74) is 0.550. The summed E-state index contributed by atoms with van der Waals surface area (Å²) in [6, 6.07) is 14.3. The molecule has 0 spiro atoms. The van der Waals surface area contributed by atoms with Gasteiger partial charge in [0.25, 0.3) is 0 Å². The molecule has 148 valence electrons. The number of ketones is 1. The second kappa shape index (κ2) is 8.07. The molecule has 7 nitrogen and oxygen atoms in total. The molecule has 3 rings (SSSR count). The Kier molecular flexibility index (Phi) is 5.56. The summed E-state index contributed by atoms with van der Waals surface area (Å²) >= 11 is 0. The molecule has 0 unspecified atom stereocenters. The summed E-state index contributed by atoms with van der Waals surface area (Å²) < 4.78 is 29.5. The molecule has 0 aliphatic rings. The zero-order valence-corrected chi connectivity index (χ0v) is 15.7. The minimum Gasteiger partial charge on any atom is -0.508 e. The van der Waals surface area contributed by atoms with E-state index in [1.54, 1.807) is 0 Å². The van der Waals surface area contributed by atoms with E-state index in [4.69, 9.17) is 4.18 Å². The number of phenolic OH excluding ortho intramolecular Hbond substituents is 3. The first-order valence-electron chi connectivity index (χ1n) is 8.32. The lowest BCUT2D eigenvalue weighted by molar-refractivity contribution is 0.104. The fraction of sp³-hybridized carbons (Fsp3) is 0. The highest BCUT2D eigenvalue weighted by molar-refractivity contribution is 7.87. The van der Waals surface area contributed by atoms with Gasteiger partial charge in [0.1, 0.15) is 27.9 Å². The van der Waals surface area contributed by atoms with Crippen molar-refractivity contribution in [2.24, 2.45) is 0 Å². The molecule has 0 atom stereocenters. The summed E-state index contributed by atoms with van der Waals surface area (Å²) in [7, 11) is -4.08. The van der Waals surface area contributed by atoms with Crippen LogP contribution >= 0.6 is 0 Å². The van der Waals surface area contributed by atoms with E-state index < -0.39 is 10.1 Å². The largest absolute Gasteiger partial charge is 0.508 e. The molecule has 0 heterocycles. The second-order valence-corrected chi connectivity index (χ2v) is 7.54. The molecule has 0 aliphatic carbocycles. The maximum atomic E-state index is 12.3. The minimum atomic E-state index is -4.08. The van der Waals surface area contributed by atoms with Crippen molar-refractivity contribution in [2.45, 2.75) is 4.90 Å². The Labute approximate surface area is 166 Å². The van der Waals surface area contributed by atoms with Crippen LogP contribution in [0.3, 0.4) is 0 Å². The molecule has 0 bridgehead atoms. The molecule has 0 saturated carbocycles. The zero-order valence-electron chi connectivity index (χ0n) is 14.9. The Balaban J connectivity index is 1.72. The van der Waals surface area contributed by atoms with Gasteiger partial charge in [0, 0.05) is 11.1 Å². The van der Waals surface area contributed by atoms with Gasteiger partial charge < -0.3 is 19.5 Å². The molecule has 29 heavy (non-hydrogen) atoms. The van der Waals surface area contributed by atoms with Gasteiger partial charge in [-0.1, -0.05) is 0 Å². The smallest absolute Gasteiger partial charge is 0.339 e. The van der Waals surface area contributed by atoms with Crippen molar-refractivity contribution in [2.75, 3.05) is 0 Å². The Morgan fingerprint density at radius 1 is 0.828 bits per heavy atom. The van der Waals surface area contributed by atoms with Crippen LogP contribution in [0.2, 0.25) is 0 Å². The maximum Gasteiger partial charge on any atom is 0.339 e. The van der Waals surface area contributed by atoms with Gasteiger partial charge in [-0.25, -0.2) is 0 Å². The summed E-state index contributed by atoms with van der Waals surface area (Å²) in [4.78, 5) is 12.1. The minimum absolute atomic E-state index is 0.0178. The van der Waals surface area contributed by atoms with Gasteiger partial charge in [-0.3, -0.25) is 4.79 Å². The van der Waals surface area contributed by atoms with Crippen LogP contribution < -0.4 is 4.18 Å². The summed E-state index contributed by atoms with van der Waals surface area (Å²) in [6.45, 7) is 0. The fourth-order valence-electron chi connectivity index (χ4n) is 2.40. The lowest BCUT2D eigenvalue weighted by Crippen LogP contribution is -2.09. The van der Waals surface area contributed by atoms with E-state index in [0.29, 0.717) is 0 Å². The molecular weight excluding hydrogens is 396 g/mol. The van der Waals surface area contributed by atoms with Crippen molar-refractivity contribution in [1.29, 1.82) is 0 Å².